The van der Waals surface area contributed by atoms with Gasteiger partial charge >= 0.3 is 0 Å². The van der Waals surface area contributed by atoms with Crippen molar-refractivity contribution in [2.24, 2.45) is 0 Å². The zero-order valence-corrected chi connectivity index (χ0v) is 33.6. The summed E-state index contributed by atoms with van der Waals surface area (Å²) in [6.45, 7) is 0. The average Bonchev–Trinajstić information content (AvgIpc) is 3.88. The first-order chi connectivity index (χ1) is 30.8. The Balaban J connectivity index is 1.21. The van der Waals surface area contributed by atoms with E-state index >= 15 is 0 Å². The Bertz CT molecular complexity index is 3550. The third-order valence-corrected chi connectivity index (χ3v) is 12.0. The molecule has 12 aromatic rings. The van der Waals surface area contributed by atoms with Crippen LogP contribution < -0.4 is 0 Å². The van der Waals surface area contributed by atoms with Gasteiger partial charge in [0.1, 0.15) is 0 Å². The lowest BCUT2D eigenvalue weighted by Crippen LogP contribution is -2.07. The summed E-state index contributed by atoms with van der Waals surface area (Å²) in [5.41, 5.74) is 14.1. The first-order valence-corrected chi connectivity index (χ1v) is 21.0. The van der Waals surface area contributed by atoms with Crippen molar-refractivity contribution in [1.29, 1.82) is 0 Å². The van der Waals surface area contributed by atoms with E-state index in [-0.39, 0.29) is 0 Å². The molecule has 5 nitrogen and oxygen atoms in total. The van der Waals surface area contributed by atoms with Crippen molar-refractivity contribution in [2.45, 2.75) is 0 Å². The number of para-hydroxylation sites is 2. The van der Waals surface area contributed by atoms with Crippen molar-refractivity contribution in [1.82, 2.24) is 24.1 Å². The summed E-state index contributed by atoms with van der Waals surface area (Å²) in [5.74, 6) is 1.79. The van der Waals surface area contributed by atoms with Crippen molar-refractivity contribution >= 4 is 43.6 Å². The van der Waals surface area contributed by atoms with Crippen molar-refractivity contribution in [2.75, 3.05) is 0 Å². The first-order valence-electron chi connectivity index (χ1n) is 21.0. The Morgan fingerprint density at radius 2 is 0.710 bits per heavy atom. The molecular formula is C57H37N5. The third-order valence-electron chi connectivity index (χ3n) is 12.0. The number of hydrogen-bond donors (Lipinski definition) is 0. The van der Waals surface area contributed by atoms with Gasteiger partial charge < -0.3 is 4.57 Å². The molecule has 0 radical (unpaired) electrons. The van der Waals surface area contributed by atoms with Gasteiger partial charge in [-0.15, -0.1) is 0 Å². The Labute approximate surface area is 358 Å². The van der Waals surface area contributed by atoms with Crippen molar-refractivity contribution < 1.29 is 0 Å². The number of benzene rings is 9. The molecule has 3 heterocycles. The number of rotatable bonds is 7. The number of fused-ring (bicyclic) bond motifs is 7. The number of hydrogen-bond acceptors (Lipinski definition) is 3. The van der Waals surface area contributed by atoms with Crippen LogP contribution in [0.3, 0.4) is 0 Å². The SMILES string of the molecule is c1ccc(-c2cccc(-c3ccc(-c4ccccc4)c(-n4c5ccccc5c5ccc6c7ccccc7n(-c7nc(-c8ccccc8)nc(-c8ccccc8)n7)c6c54)c3)c2)cc1. The second kappa shape index (κ2) is 14.7. The fourth-order valence-corrected chi connectivity index (χ4v) is 9.12. The van der Waals surface area contributed by atoms with E-state index in [1.807, 2.05) is 36.4 Å². The molecule has 0 N–H and O–H groups in total. The average molecular weight is 792 g/mol. The van der Waals surface area contributed by atoms with E-state index in [0.717, 1.165) is 77.3 Å². The van der Waals surface area contributed by atoms with Crippen LogP contribution in [0.15, 0.2) is 224 Å². The molecule has 290 valence electrons. The summed E-state index contributed by atoms with van der Waals surface area (Å²) >= 11 is 0. The normalized spacial score (nSPS) is 11.5. The Morgan fingerprint density at radius 1 is 0.274 bits per heavy atom. The minimum atomic E-state index is 0.558. The molecule has 0 bridgehead atoms. The molecule has 0 aliphatic carbocycles. The molecule has 0 unspecified atom stereocenters. The van der Waals surface area contributed by atoms with Crippen LogP contribution in [-0.4, -0.2) is 24.1 Å². The maximum atomic E-state index is 5.32. The molecular weight excluding hydrogens is 755 g/mol. The van der Waals surface area contributed by atoms with E-state index in [9.17, 15) is 0 Å². The smallest absolute Gasteiger partial charge is 0.238 e. The molecule has 0 fully saturated rings. The molecule has 0 aliphatic rings. The highest BCUT2D eigenvalue weighted by Crippen LogP contribution is 2.44. The molecule has 0 atom stereocenters. The first kappa shape index (κ1) is 35.5. The van der Waals surface area contributed by atoms with Gasteiger partial charge in [0.05, 0.1) is 27.8 Å². The van der Waals surface area contributed by atoms with Crippen LogP contribution in [0.1, 0.15) is 0 Å². The maximum Gasteiger partial charge on any atom is 0.238 e. The second-order valence-electron chi connectivity index (χ2n) is 15.6. The molecule has 3 aromatic heterocycles. The van der Waals surface area contributed by atoms with Gasteiger partial charge in [0.2, 0.25) is 5.95 Å². The quantitative estimate of drug-likeness (QED) is 0.162. The summed E-state index contributed by atoms with van der Waals surface area (Å²) in [4.78, 5) is 15.7. The summed E-state index contributed by atoms with van der Waals surface area (Å²) in [6, 6.07) is 79.4. The Kier molecular flexibility index (Phi) is 8.42. The molecule has 12 rings (SSSR count). The zero-order valence-electron chi connectivity index (χ0n) is 33.6. The predicted octanol–water partition coefficient (Wildman–Crippen LogP) is 14.4. The van der Waals surface area contributed by atoms with Crippen LogP contribution in [-0.2, 0) is 0 Å². The number of nitrogens with zero attached hydrogens (tertiary/aromatic N) is 5. The molecule has 0 aliphatic heterocycles. The predicted molar refractivity (Wildman–Crippen MR) is 256 cm³/mol. The van der Waals surface area contributed by atoms with Crippen molar-refractivity contribution in [3.63, 3.8) is 0 Å². The van der Waals surface area contributed by atoms with E-state index in [1.165, 1.54) is 16.5 Å². The van der Waals surface area contributed by atoms with Gasteiger partial charge in [-0.2, -0.15) is 9.97 Å². The monoisotopic (exact) mass is 791 g/mol. The lowest BCUT2D eigenvalue weighted by molar-refractivity contribution is 0.953. The minimum Gasteiger partial charge on any atom is -0.307 e. The third kappa shape index (κ3) is 5.90. The zero-order chi connectivity index (χ0) is 41.0. The topological polar surface area (TPSA) is 48.5 Å². The van der Waals surface area contributed by atoms with E-state index in [2.05, 4.69) is 197 Å². The number of aromatic nitrogens is 5. The largest absolute Gasteiger partial charge is 0.307 e. The molecule has 5 heteroatoms. The van der Waals surface area contributed by atoms with Crippen molar-refractivity contribution in [3.8, 4) is 67.8 Å². The second-order valence-corrected chi connectivity index (χ2v) is 15.6. The van der Waals surface area contributed by atoms with Crippen LogP contribution >= 0.6 is 0 Å². The van der Waals surface area contributed by atoms with Gasteiger partial charge in [-0.25, -0.2) is 4.98 Å². The van der Waals surface area contributed by atoms with Gasteiger partial charge in [-0.1, -0.05) is 200 Å². The van der Waals surface area contributed by atoms with Crippen LogP contribution in [0, 0.1) is 0 Å². The van der Waals surface area contributed by atoms with Gasteiger partial charge in [0.15, 0.2) is 11.6 Å². The highest BCUT2D eigenvalue weighted by Gasteiger charge is 2.25. The molecule has 9 aromatic carbocycles. The minimum absolute atomic E-state index is 0.558. The lowest BCUT2D eigenvalue weighted by atomic mass is 9.95. The summed E-state index contributed by atoms with van der Waals surface area (Å²) in [6.07, 6.45) is 0. The lowest BCUT2D eigenvalue weighted by Gasteiger charge is -2.18. The van der Waals surface area contributed by atoms with Crippen LogP contribution in [0.5, 0.6) is 0 Å². The summed E-state index contributed by atoms with van der Waals surface area (Å²) in [5, 5.41) is 4.56. The van der Waals surface area contributed by atoms with E-state index in [1.54, 1.807) is 0 Å². The van der Waals surface area contributed by atoms with E-state index in [0.29, 0.717) is 17.6 Å². The maximum absolute atomic E-state index is 5.32. The van der Waals surface area contributed by atoms with Crippen LogP contribution in [0.25, 0.3) is 111 Å². The van der Waals surface area contributed by atoms with Gasteiger partial charge in [-0.3, -0.25) is 4.57 Å². The molecule has 0 saturated heterocycles. The summed E-state index contributed by atoms with van der Waals surface area (Å²) < 4.78 is 4.74. The van der Waals surface area contributed by atoms with E-state index < -0.39 is 0 Å². The molecule has 0 amide bonds. The highest BCUT2D eigenvalue weighted by atomic mass is 15.2. The fourth-order valence-electron chi connectivity index (χ4n) is 9.12. The van der Waals surface area contributed by atoms with Crippen LogP contribution in [0.2, 0.25) is 0 Å². The fraction of sp³-hybridized carbons (Fsp3) is 0. The van der Waals surface area contributed by atoms with Gasteiger partial charge in [0.25, 0.3) is 0 Å². The molecule has 62 heavy (non-hydrogen) atoms. The Morgan fingerprint density at radius 3 is 1.29 bits per heavy atom. The van der Waals surface area contributed by atoms with Gasteiger partial charge in [0, 0.05) is 38.2 Å². The van der Waals surface area contributed by atoms with E-state index in [4.69, 9.17) is 15.0 Å². The standard InChI is InChI=1S/C57H37N5/c1-5-18-38(19-6-1)42-26-17-27-43(36-42)44-32-33-45(39-20-7-2-8-21-39)52(37-44)61-50-30-15-13-28-46(50)48-34-35-49-47-29-14-16-31-51(47)62(54(49)53(48)61)57-59-55(40-22-9-3-10-23-40)58-56(60-57)41-24-11-4-12-25-41/h1-37H. The molecule has 0 spiro atoms. The van der Waals surface area contributed by atoms with Crippen molar-refractivity contribution in [3.05, 3.63) is 224 Å². The Hall–Kier alpha value is -8.41. The van der Waals surface area contributed by atoms with Crippen LogP contribution in [0.4, 0.5) is 0 Å². The van der Waals surface area contributed by atoms with Gasteiger partial charge in [-0.05, 0) is 52.1 Å². The summed E-state index contributed by atoms with van der Waals surface area (Å²) in [7, 11) is 0. The molecule has 0 saturated carbocycles. The highest BCUT2D eigenvalue weighted by molar-refractivity contribution is 6.24.